The van der Waals surface area contributed by atoms with Gasteiger partial charge in [0, 0.05) is 24.7 Å². The van der Waals surface area contributed by atoms with Crippen molar-refractivity contribution in [2.75, 3.05) is 6.54 Å². The standard InChI is InChI=1S/C12H15ClN2O4/c1-8(2)14(7-12(16)17)6-9-3-4-10(15(18)19)5-11(9)13/h3-5,8H,6-7H2,1-2H3,(H,16,17). The average Bonchev–Trinajstić information content (AvgIpc) is 2.29. The molecule has 1 N–H and O–H groups in total. The van der Waals surface area contributed by atoms with Crippen molar-refractivity contribution >= 4 is 23.3 Å². The summed E-state index contributed by atoms with van der Waals surface area (Å²) in [7, 11) is 0. The van der Waals surface area contributed by atoms with Crippen molar-refractivity contribution in [1.82, 2.24) is 4.90 Å². The number of aliphatic carboxylic acids is 1. The van der Waals surface area contributed by atoms with Gasteiger partial charge in [0.1, 0.15) is 0 Å². The predicted octanol–water partition coefficient (Wildman–Crippen LogP) is 2.54. The summed E-state index contributed by atoms with van der Waals surface area (Å²) in [5.41, 5.74) is 0.588. The van der Waals surface area contributed by atoms with E-state index >= 15 is 0 Å². The SMILES string of the molecule is CC(C)N(CC(=O)O)Cc1ccc([N+](=O)[O-])cc1Cl. The zero-order valence-corrected chi connectivity index (χ0v) is 11.4. The lowest BCUT2D eigenvalue weighted by Crippen LogP contribution is -2.35. The van der Waals surface area contributed by atoms with E-state index in [9.17, 15) is 14.9 Å². The normalized spacial score (nSPS) is 11.0. The number of carboxylic acids is 1. The molecule has 1 rings (SSSR count). The van der Waals surface area contributed by atoms with Gasteiger partial charge in [0.15, 0.2) is 0 Å². The van der Waals surface area contributed by atoms with Crippen LogP contribution < -0.4 is 0 Å². The Bertz CT molecular complexity index is 491. The molecule has 0 aliphatic rings. The Morgan fingerprint density at radius 1 is 1.53 bits per heavy atom. The molecule has 1 aromatic carbocycles. The van der Waals surface area contributed by atoms with Crippen molar-refractivity contribution < 1.29 is 14.8 Å². The third-order valence-corrected chi connectivity index (χ3v) is 3.04. The van der Waals surface area contributed by atoms with E-state index in [0.717, 1.165) is 0 Å². The maximum Gasteiger partial charge on any atom is 0.317 e. The van der Waals surface area contributed by atoms with Crippen LogP contribution >= 0.6 is 11.6 Å². The molecule has 7 heteroatoms. The number of non-ortho nitro benzene ring substituents is 1. The summed E-state index contributed by atoms with van der Waals surface area (Å²) < 4.78 is 0. The molecule has 0 aliphatic heterocycles. The molecule has 0 radical (unpaired) electrons. The number of nitro benzene ring substituents is 1. The maximum atomic E-state index is 10.8. The number of hydrogen-bond acceptors (Lipinski definition) is 4. The van der Waals surface area contributed by atoms with Crippen LogP contribution in [0.25, 0.3) is 0 Å². The minimum atomic E-state index is -0.924. The molecule has 19 heavy (non-hydrogen) atoms. The van der Waals surface area contributed by atoms with E-state index in [4.69, 9.17) is 16.7 Å². The van der Waals surface area contributed by atoms with Crippen molar-refractivity contribution in [1.29, 1.82) is 0 Å². The third-order valence-electron chi connectivity index (χ3n) is 2.69. The highest BCUT2D eigenvalue weighted by Crippen LogP contribution is 2.24. The molecule has 0 unspecified atom stereocenters. The van der Waals surface area contributed by atoms with Gasteiger partial charge in [-0.15, -0.1) is 0 Å². The number of nitrogens with zero attached hydrogens (tertiary/aromatic N) is 2. The van der Waals surface area contributed by atoms with E-state index in [0.29, 0.717) is 12.1 Å². The minimum Gasteiger partial charge on any atom is -0.480 e. The molecule has 0 atom stereocenters. The summed E-state index contributed by atoms with van der Waals surface area (Å²) in [6.45, 7) is 3.98. The number of benzene rings is 1. The molecule has 0 saturated carbocycles. The smallest absolute Gasteiger partial charge is 0.317 e. The minimum absolute atomic E-state index is 0.0300. The largest absolute Gasteiger partial charge is 0.480 e. The number of nitro groups is 1. The molecule has 0 heterocycles. The summed E-state index contributed by atoms with van der Waals surface area (Å²) in [5, 5.41) is 19.7. The van der Waals surface area contributed by atoms with Crippen LogP contribution in [0.1, 0.15) is 19.4 Å². The van der Waals surface area contributed by atoms with Gasteiger partial charge < -0.3 is 5.11 Å². The Balaban J connectivity index is 2.91. The van der Waals surface area contributed by atoms with Gasteiger partial charge in [-0.3, -0.25) is 19.8 Å². The second-order valence-corrected chi connectivity index (χ2v) is 4.83. The topological polar surface area (TPSA) is 83.7 Å². The van der Waals surface area contributed by atoms with Crippen molar-refractivity contribution in [3.8, 4) is 0 Å². The Morgan fingerprint density at radius 2 is 2.16 bits per heavy atom. The summed E-state index contributed by atoms with van der Waals surface area (Å²) in [5.74, 6) is -0.924. The zero-order valence-electron chi connectivity index (χ0n) is 10.7. The quantitative estimate of drug-likeness (QED) is 0.642. The predicted molar refractivity (Wildman–Crippen MR) is 71.3 cm³/mol. The van der Waals surface area contributed by atoms with Gasteiger partial charge >= 0.3 is 5.97 Å². The number of hydrogen-bond donors (Lipinski definition) is 1. The van der Waals surface area contributed by atoms with Crippen LogP contribution in [0.5, 0.6) is 0 Å². The van der Waals surface area contributed by atoms with Crippen molar-refractivity contribution in [3.05, 3.63) is 38.9 Å². The fourth-order valence-electron chi connectivity index (χ4n) is 1.59. The molecule has 0 aliphatic carbocycles. The van der Waals surface area contributed by atoms with Crippen LogP contribution in [-0.4, -0.2) is 33.5 Å². The van der Waals surface area contributed by atoms with Crippen LogP contribution in [0.3, 0.4) is 0 Å². The highest BCUT2D eigenvalue weighted by Gasteiger charge is 2.16. The van der Waals surface area contributed by atoms with E-state index < -0.39 is 10.9 Å². The van der Waals surface area contributed by atoms with Crippen LogP contribution in [0.15, 0.2) is 18.2 Å². The van der Waals surface area contributed by atoms with Crippen LogP contribution in [-0.2, 0) is 11.3 Å². The van der Waals surface area contributed by atoms with Gasteiger partial charge in [0.2, 0.25) is 0 Å². The molecule has 6 nitrogen and oxygen atoms in total. The lowest BCUT2D eigenvalue weighted by molar-refractivity contribution is -0.384. The maximum absolute atomic E-state index is 10.8. The molecule has 1 aromatic rings. The van der Waals surface area contributed by atoms with Crippen molar-refractivity contribution in [2.24, 2.45) is 0 Å². The molecule has 0 aromatic heterocycles. The molecular weight excluding hydrogens is 272 g/mol. The first-order valence-corrected chi connectivity index (χ1v) is 6.07. The summed E-state index contributed by atoms with van der Waals surface area (Å²) in [6, 6.07) is 4.22. The first-order chi connectivity index (χ1) is 8.81. The molecule has 0 saturated heterocycles. The highest BCUT2D eigenvalue weighted by molar-refractivity contribution is 6.31. The van der Waals surface area contributed by atoms with Gasteiger partial charge in [-0.25, -0.2) is 0 Å². The zero-order chi connectivity index (χ0) is 14.6. The van der Waals surface area contributed by atoms with Crippen LogP contribution in [0.4, 0.5) is 5.69 Å². The van der Waals surface area contributed by atoms with Gasteiger partial charge in [0.25, 0.3) is 5.69 Å². The molecule has 104 valence electrons. The lowest BCUT2D eigenvalue weighted by atomic mass is 10.1. The van der Waals surface area contributed by atoms with E-state index in [2.05, 4.69) is 0 Å². The monoisotopic (exact) mass is 286 g/mol. The second-order valence-electron chi connectivity index (χ2n) is 4.43. The second kappa shape index (κ2) is 6.49. The number of carbonyl (C=O) groups is 1. The molecule has 0 spiro atoms. The Labute approximate surface area is 115 Å². The average molecular weight is 287 g/mol. The van der Waals surface area contributed by atoms with E-state index in [1.54, 1.807) is 11.0 Å². The summed E-state index contributed by atoms with van der Waals surface area (Å²) in [4.78, 5) is 22.6. The van der Waals surface area contributed by atoms with Crippen LogP contribution in [0.2, 0.25) is 5.02 Å². The first kappa shape index (κ1) is 15.4. The number of carboxylic acid groups (broad SMARTS) is 1. The fourth-order valence-corrected chi connectivity index (χ4v) is 1.83. The van der Waals surface area contributed by atoms with E-state index in [-0.39, 0.29) is 23.3 Å². The Hall–Kier alpha value is -1.66. The fraction of sp³-hybridized carbons (Fsp3) is 0.417. The van der Waals surface area contributed by atoms with E-state index in [1.165, 1.54) is 12.1 Å². The summed E-state index contributed by atoms with van der Waals surface area (Å²) >= 11 is 5.98. The van der Waals surface area contributed by atoms with Gasteiger partial charge in [-0.2, -0.15) is 0 Å². The Morgan fingerprint density at radius 3 is 2.58 bits per heavy atom. The highest BCUT2D eigenvalue weighted by atomic mass is 35.5. The molecule has 0 fully saturated rings. The van der Waals surface area contributed by atoms with Crippen molar-refractivity contribution in [2.45, 2.75) is 26.4 Å². The molecule has 0 amide bonds. The number of halogens is 1. The molecule has 0 bridgehead atoms. The van der Waals surface area contributed by atoms with Gasteiger partial charge in [-0.05, 0) is 25.5 Å². The van der Waals surface area contributed by atoms with Gasteiger partial charge in [-0.1, -0.05) is 11.6 Å². The van der Waals surface area contributed by atoms with E-state index in [1.807, 2.05) is 13.8 Å². The first-order valence-electron chi connectivity index (χ1n) is 5.70. The number of rotatable bonds is 6. The van der Waals surface area contributed by atoms with Gasteiger partial charge in [0.05, 0.1) is 16.5 Å². The Kier molecular flexibility index (Phi) is 5.26. The molecular formula is C12H15ClN2O4. The summed E-state index contributed by atoms with van der Waals surface area (Å²) in [6.07, 6.45) is 0. The van der Waals surface area contributed by atoms with Crippen LogP contribution in [0, 0.1) is 10.1 Å². The van der Waals surface area contributed by atoms with Crippen molar-refractivity contribution in [3.63, 3.8) is 0 Å². The third kappa shape index (κ3) is 4.50. The lowest BCUT2D eigenvalue weighted by Gasteiger charge is -2.24.